The second kappa shape index (κ2) is 9.21. The number of halogens is 3. The van der Waals surface area contributed by atoms with Crippen LogP contribution in [0.25, 0.3) is 11.3 Å². The van der Waals surface area contributed by atoms with Gasteiger partial charge in [0.25, 0.3) is 0 Å². The van der Waals surface area contributed by atoms with E-state index in [-0.39, 0.29) is 17.1 Å². The van der Waals surface area contributed by atoms with Gasteiger partial charge in [0.2, 0.25) is 0 Å². The summed E-state index contributed by atoms with van der Waals surface area (Å²) in [6.45, 7) is 0.327. The molecule has 0 spiro atoms. The minimum Gasteiger partial charge on any atom is -0.387 e. The molecule has 6 nitrogen and oxygen atoms in total. The molecule has 1 aliphatic heterocycles. The van der Waals surface area contributed by atoms with Gasteiger partial charge in [-0.25, -0.2) is 17.9 Å². The summed E-state index contributed by atoms with van der Waals surface area (Å²) in [4.78, 5) is 12.3. The number of hydrogen-bond acceptors (Lipinski definition) is 6. The van der Waals surface area contributed by atoms with Crippen molar-refractivity contribution >= 4 is 17.5 Å². The van der Waals surface area contributed by atoms with Gasteiger partial charge in [0.15, 0.2) is 17.4 Å². The molecule has 0 amide bonds. The van der Waals surface area contributed by atoms with Crippen molar-refractivity contribution in [3.8, 4) is 11.3 Å². The maximum Gasteiger partial charge on any atom is 0.172 e. The summed E-state index contributed by atoms with van der Waals surface area (Å²) in [5.74, 6) is -2.99. The summed E-state index contributed by atoms with van der Waals surface area (Å²) in [5.41, 5.74) is 0.367. The molecule has 4 rings (SSSR count). The number of hydrogen-bond donors (Lipinski definition) is 1. The van der Waals surface area contributed by atoms with Gasteiger partial charge in [-0.1, -0.05) is 17.3 Å². The number of carbonyl (C=O) groups is 1. The van der Waals surface area contributed by atoms with E-state index >= 15 is 0 Å². The lowest BCUT2D eigenvalue weighted by Crippen LogP contribution is -2.41. The molecule has 0 aliphatic carbocycles. The van der Waals surface area contributed by atoms with Gasteiger partial charge in [-0.3, -0.25) is 4.79 Å². The molecule has 1 aliphatic rings. The van der Waals surface area contributed by atoms with Crippen LogP contribution in [0.3, 0.4) is 0 Å². The molecule has 0 bridgehead atoms. The van der Waals surface area contributed by atoms with Crippen LogP contribution < -0.4 is 0 Å². The average Bonchev–Trinajstić information content (AvgIpc) is 3.25. The SMILES string of the molecule is O=C(CSC1OCCC(n2cc(-c3cccc(F)c3)nn2)[C@H]1O)c1ccc(F)c(F)c1. The lowest BCUT2D eigenvalue weighted by Gasteiger charge is -2.34. The molecule has 0 radical (unpaired) electrons. The summed E-state index contributed by atoms with van der Waals surface area (Å²) in [5, 5.41) is 18.9. The van der Waals surface area contributed by atoms with Crippen LogP contribution in [-0.2, 0) is 4.74 Å². The minimum absolute atomic E-state index is 0.0456. The van der Waals surface area contributed by atoms with Gasteiger partial charge < -0.3 is 9.84 Å². The molecule has 0 saturated carbocycles. The Hall–Kier alpha value is -2.69. The van der Waals surface area contributed by atoms with Gasteiger partial charge in [0.1, 0.15) is 23.1 Å². The number of carbonyl (C=O) groups excluding carboxylic acids is 1. The van der Waals surface area contributed by atoms with Crippen LogP contribution in [-0.4, -0.2) is 49.8 Å². The molecule has 1 fully saturated rings. The van der Waals surface area contributed by atoms with E-state index in [2.05, 4.69) is 10.3 Å². The largest absolute Gasteiger partial charge is 0.387 e. The molecular formula is C21H18F3N3O3S. The standard InChI is InChI=1S/C21H18F3N3O3S/c22-14-3-1-2-12(8-14)17-10-27(26-25-17)18-6-7-30-21(20(18)29)31-11-19(28)13-4-5-15(23)16(24)9-13/h1-5,8-10,18,20-21,29H,6-7,11H2/t18?,20-,21?/m1/s1. The van der Waals surface area contributed by atoms with Crippen molar-refractivity contribution in [3.63, 3.8) is 0 Å². The third kappa shape index (κ3) is 4.81. The van der Waals surface area contributed by atoms with Crippen molar-refractivity contribution in [1.82, 2.24) is 15.0 Å². The van der Waals surface area contributed by atoms with Crippen LogP contribution in [0.15, 0.2) is 48.7 Å². The molecule has 162 valence electrons. The highest BCUT2D eigenvalue weighted by molar-refractivity contribution is 8.00. The maximum absolute atomic E-state index is 13.5. The molecule has 3 aromatic rings. The number of benzene rings is 2. The van der Waals surface area contributed by atoms with Crippen molar-refractivity contribution < 1.29 is 27.8 Å². The third-order valence-corrected chi connectivity index (χ3v) is 6.13. The fourth-order valence-corrected chi connectivity index (χ4v) is 4.37. The number of aliphatic hydroxyl groups is 1. The van der Waals surface area contributed by atoms with Crippen molar-refractivity contribution in [2.75, 3.05) is 12.4 Å². The topological polar surface area (TPSA) is 77.2 Å². The van der Waals surface area contributed by atoms with Crippen LogP contribution in [0, 0.1) is 17.5 Å². The van der Waals surface area contributed by atoms with E-state index in [1.54, 1.807) is 18.3 Å². The van der Waals surface area contributed by atoms with Crippen molar-refractivity contribution in [2.24, 2.45) is 0 Å². The Morgan fingerprint density at radius 3 is 2.81 bits per heavy atom. The Morgan fingerprint density at radius 2 is 2.03 bits per heavy atom. The van der Waals surface area contributed by atoms with Crippen LogP contribution in [0.2, 0.25) is 0 Å². The molecule has 1 N–H and O–H groups in total. The molecule has 31 heavy (non-hydrogen) atoms. The Bertz CT molecular complexity index is 1090. The summed E-state index contributed by atoms with van der Waals surface area (Å²) in [7, 11) is 0. The van der Waals surface area contributed by atoms with Crippen LogP contribution in [0.5, 0.6) is 0 Å². The van der Waals surface area contributed by atoms with E-state index in [1.807, 2.05) is 0 Å². The normalized spacial score (nSPS) is 21.2. The zero-order valence-electron chi connectivity index (χ0n) is 16.1. The first-order valence-electron chi connectivity index (χ1n) is 9.49. The molecule has 1 saturated heterocycles. The van der Waals surface area contributed by atoms with E-state index < -0.39 is 35.0 Å². The predicted molar refractivity (Wildman–Crippen MR) is 108 cm³/mol. The maximum atomic E-state index is 13.5. The van der Waals surface area contributed by atoms with Gasteiger partial charge in [0, 0.05) is 11.1 Å². The first-order valence-corrected chi connectivity index (χ1v) is 10.5. The molecule has 1 aromatic heterocycles. The number of nitrogens with zero attached hydrogens (tertiary/aromatic N) is 3. The Balaban J connectivity index is 1.41. The highest BCUT2D eigenvalue weighted by Crippen LogP contribution is 2.32. The van der Waals surface area contributed by atoms with Crippen molar-refractivity contribution in [1.29, 1.82) is 0 Å². The first-order chi connectivity index (χ1) is 14.9. The third-order valence-electron chi connectivity index (χ3n) is 4.96. The number of ether oxygens (including phenoxy) is 1. The van der Waals surface area contributed by atoms with E-state index in [0.29, 0.717) is 24.3 Å². The zero-order valence-corrected chi connectivity index (χ0v) is 16.9. The van der Waals surface area contributed by atoms with Gasteiger partial charge in [0.05, 0.1) is 24.6 Å². The Kier molecular flexibility index (Phi) is 6.40. The highest BCUT2D eigenvalue weighted by Gasteiger charge is 2.35. The summed E-state index contributed by atoms with van der Waals surface area (Å²) >= 11 is 1.07. The molecule has 2 aromatic carbocycles. The molecule has 2 unspecified atom stereocenters. The zero-order chi connectivity index (χ0) is 22.0. The second-order valence-corrected chi connectivity index (χ2v) is 8.13. The molecule has 3 atom stereocenters. The Labute approximate surface area is 180 Å². The number of Topliss-reactive ketones (excluding diaryl/α,β-unsaturated/α-hetero) is 1. The van der Waals surface area contributed by atoms with Crippen molar-refractivity contribution in [2.45, 2.75) is 24.0 Å². The van der Waals surface area contributed by atoms with Crippen molar-refractivity contribution in [3.05, 3.63) is 71.7 Å². The van der Waals surface area contributed by atoms with E-state index in [4.69, 9.17) is 4.74 Å². The predicted octanol–water partition coefficient (Wildman–Crippen LogP) is 3.63. The molecule has 10 heteroatoms. The quantitative estimate of drug-likeness (QED) is 0.580. The van der Waals surface area contributed by atoms with E-state index in [0.717, 1.165) is 23.9 Å². The summed E-state index contributed by atoms with van der Waals surface area (Å²) in [6.07, 6.45) is 1.11. The summed E-state index contributed by atoms with van der Waals surface area (Å²) < 4.78 is 47.0. The fourth-order valence-electron chi connectivity index (χ4n) is 3.32. The molecular weight excluding hydrogens is 431 g/mol. The lowest BCUT2D eigenvalue weighted by atomic mass is 10.1. The first kappa shape index (κ1) is 21.5. The number of ketones is 1. The lowest BCUT2D eigenvalue weighted by molar-refractivity contribution is -0.0605. The van der Waals surface area contributed by atoms with Gasteiger partial charge in [-0.15, -0.1) is 16.9 Å². The van der Waals surface area contributed by atoms with Gasteiger partial charge in [-0.2, -0.15) is 0 Å². The van der Waals surface area contributed by atoms with Crippen LogP contribution in [0.1, 0.15) is 22.8 Å². The average molecular weight is 449 g/mol. The fraction of sp³-hybridized carbons (Fsp3) is 0.286. The van der Waals surface area contributed by atoms with Crippen LogP contribution in [0.4, 0.5) is 13.2 Å². The minimum atomic E-state index is -1.09. The monoisotopic (exact) mass is 449 g/mol. The number of thioether (sulfide) groups is 1. The highest BCUT2D eigenvalue weighted by atomic mass is 32.2. The van der Waals surface area contributed by atoms with Gasteiger partial charge >= 0.3 is 0 Å². The van der Waals surface area contributed by atoms with Gasteiger partial charge in [-0.05, 0) is 36.8 Å². The summed E-state index contributed by atoms with van der Waals surface area (Å²) in [6, 6.07) is 8.48. The number of aromatic nitrogens is 3. The molecule has 2 heterocycles. The van der Waals surface area contributed by atoms with E-state index in [1.165, 1.54) is 22.9 Å². The van der Waals surface area contributed by atoms with Crippen LogP contribution >= 0.6 is 11.8 Å². The smallest absolute Gasteiger partial charge is 0.172 e. The van der Waals surface area contributed by atoms with E-state index in [9.17, 15) is 23.1 Å². The second-order valence-electron chi connectivity index (χ2n) is 7.04. The number of rotatable bonds is 6. The Morgan fingerprint density at radius 1 is 1.19 bits per heavy atom. The number of aliphatic hydroxyl groups excluding tert-OH is 1.